The van der Waals surface area contributed by atoms with Gasteiger partial charge in [0, 0.05) is 11.3 Å². The van der Waals surface area contributed by atoms with E-state index in [1.54, 1.807) is 12.1 Å². The summed E-state index contributed by atoms with van der Waals surface area (Å²) in [7, 11) is 0. The van der Waals surface area contributed by atoms with Crippen LogP contribution in [-0.4, -0.2) is 24.8 Å². The van der Waals surface area contributed by atoms with Gasteiger partial charge in [0.05, 0.1) is 6.54 Å². The average molecular weight is 236 g/mol. The normalized spacial score (nSPS) is 9.18. The van der Waals surface area contributed by atoms with Crippen LogP contribution in [0.25, 0.3) is 0 Å². The summed E-state index contributed by atoms with van der Waals surface area (Å²) in [6, 6.07) is 6.20. The van der Waals surface area contributed by atoms with E-state index in [-0.39, 0.29) is 6.54 Å². The van der Waals surface area contributed by atoms with Gasteiger partial charge in [0.25, 0.3) is 11.8 Å². The average Bonchev–Trinajstić information content (AvgIpc) is 2.34. The Bertz CT molecular complexity index is 416. The molecule has 1 rings (SSSR count). The molecule has 17 heavy (non-hydrogen) atoms. The molecule has 7 nitrogen and oxygen atoms in total. The Morgan fingerprint density at radius 3 is 2.41 bits per heavy atom. The van der Waals surface area contributed by atoms with Gasteiger partial charge in [-0.05, 0) is 24.3 Å². The van der Waals surface area contributed by atoms with E-state index in [0.29, 0.717) is 17.7 Å². The summed E-state index contributed by atoms with van der Waals surface area (Å²) in [5.74, 6) is -0.995. The first-order chi connectivity index (χ1) is 8.13. The van der Waals surface area contributed by atoms with Gasteiger partial charge in [0.15, 0.2) is 0 Å². The van der Waals surface area contributed by atoms with Crippen molar-refractivity contribution in [3.05, 3.63) is 29.8 Å². The number of amides is 3. The van der Waals surface area contributed by atoms with E-state index in [1.165, 1.54) is 12.1 Å². The second-order valence-electron chi connectivity index (χ2n) is 3.12. The van der Waals surface area contributed by atoms with Crippen molar-refractivity contribution in [2.45, 2.75) is 0 Å². The lowest BCUT2D eigenvalue weighted by molar-refractivity contribution is -0.122. The molecule has 0 fully saturated rings. The largest absolute Gasteiger partial charge is 0.399 e. The van der Waals surface area contributed by atoms with E-state index < -0.39 is 11.8 Å². The predicted octanol–water partition coefficient (Wildman–Crippen LogP) is -1.22. The third-order valence-electron chi connectivity index (χ3n) is 1.83. The Morgan fingerprint density at radius 2 is 1.82 bits per heavy atom. The predicted molar refractivity (Wildman–Crippen MR) is 60.5 cm³/mol. The van der Waals surface area contributed by atoms with Crippen molar-refractivity contribution in [2.24, 2.45) is 0 Å². The molecular weight excluding hydrogens is 224 g/mol. The van der Waals surface area contributed by atoms with Crippen LogP contribution in [0.2, 0.25) is 0 Å². The maximum atomic E-state index is 11.5. The molecule has 3 amide bonds. The van der Waals surface area contributed by atoms with Gasteiger partial charge in [-0.2, -0.15) is 0 Å². The van der Waals surface area contributed by atoms with Crippen LogP contribution in [0.15, 0.2) is 24.3 Å². The summed E-state index contributed by atoms with van der Waals surface area (Å²) >= 11 is 0. The number of rotatable bonds is 4. The van der Waals surface area contributed by atoms with Crippen molar-refractivity contribution in [1.29, 1.82) is 0 Å². The number of carbonyl (C=O) groups excluding carboxylic acids is 3. The number of nitrogens with one attached hydrogen (secondary N) is 3. The molecule has 0 aromatic heterocycles. The Hall–Kier alpha value is -2.57. The molecule has 1 aromatic rings. The highest BCUT2D eigenvalue weighted by atomic mass is 16.2. The van der Waals surface area contributed by atoms with Crippen molar-refractivity contribution in [1.82, 2.24) is 16.2 Å². The van der Waals surface area contributed by atoms with E-state index >= 15 is 0 Å². The van der Waals surface area contributed by atoms with Gasteiger partial charge >= 0.3 is 0 Å². The molecule has 7 heteroatoms. The van der Waals surface area contributed by atoms with E-state index in [0.717, 1.165) is 0 Å². The number of nitrogens with two attached hydrogens (primary N) is 1. The maximum Gasteiger partial charge on any atom is 0.269 e. The van der Waals surface area contributed by atoms with Crippen molar-refractivity contribution >= 4 is 23.9 Å². The minimum absolute atomic E-state index is 0.203. The summed E-state index contributed by atoms with van der Waals surface area (Å²) in [6.07, 6.45) is 0.390. The molecule has 0 radical (unpaired) electrons. The molecule has 5 N–H and O–H groups in total. The topological polar surface area (TPSA) is 113 Å². The van der Waals surface area contributed by atoms with Gasteiger partial charge in [-0.1, -0.05) is 0 Å². The van der Waals surface area contributed by atoms with Gasteiger partial charge in [-0.3, -0.25) is 25.2 Å². The van der Waals surface area contributed by atoms with Gasteiger partial charge in [-0.15, -0.1) is 0 Å². The first-order valence-corrected chi connectivity index (χ1v) is 4.75. The standard InChI is InChI=1S/C10H12N4O3/c11-8-3-1-7(2-4-8)10(17)14-13-9(16)5-12-6-15/h1-4,6H,5,11H2,(H,12,15)(H,13,16)(H,14,17). The Labute approximate surface area is 97.3 Å². The molecule has 0 unspecified atom stereocenters. The first-order valence-electron chi connectivity index (χ1n) is 4.75. The molecule has 0 heterocycles. The highest BCUT2D eigenvalue weighted by Crippen LogP contribution is 2.04. The molecule has 0 spiro atoms. The molecule has 0 bridgehead atoms. The first kappa shape index (κ1) is 12.5. The van der Waals surface area contributed by atoms with E-state index in [1.807, 2.05) is 0 Å². The number of nitrogen functional groups attached to an aromatic ring is 1. The lowest BCUT2D eigenvalue weighted by atomic mass is 10.2. The van der Waals surface area contributed by atoms with Gasteiger partial charge in [0.2, 0.25) is 6.41 Å². The summed E-state index contributed by atoms with van der Waals surface area (Å²) in [6.45, 7) is -0.203. The van der Waals surface area contributed by atoms with Crippen molar-refractivity contribution in [2.75, 3.05) is 12.3 Å². The van der Waals surface area contributed by atoms with E-state index in [9.17, 15) is 14.4 Å². The third-order valence-corrected chi connectivity index (χ3v) is 1.83. The van der Waals surface area contributed by atoms with E-state index in [2.05, 4.69) is 16.2 Å². The molecule has 0 atom stereocenters. The third kappa shape index (κ3) is 4.20. The monoisotopic (exact) mass is 236 g/mol. The Balaban J connectivity index is 2.42. The zero-order chi connectivity index (χ0) is 12.7. The molecule has 0 aliphatic carbocycles. The second-order valence-corrected chi connectivity index (χ2v) is 3.12. The lowest BCUT2D eigenvalue weighted by Crippen LogP contribution is -2.45. The Kier molecular flexibility index (Phi) is 4.49. The second kappa shape index (κ2) is 6.11. The fourth-order valence-corrected chi connectivity index (χ4v) is 1.01. The van der Waals surface area contributed by atoms with Crippen molar-refractivity contribution < 1.29 is 14.4 Å². The van der Waals surface area contributed by atoms with Crippen LogP contribution >= 0.6 is 0 Å². The van der Waals surface area contributed by atoms with Crippen molar-refractivity contribution in [3.63, 3.8) is 0 Å². The molecule has 0 saturated heterocycles. The maximum absolute atomic E-state index is 11.5. The SMILES string of the molecule is Nc1ccc(C(=O)NNC(=O)CNC=O)cc1. The van der Waals surface area contributed by atoms with Gasteiger partial charge in [0.1, 0.15) is 0 Å². The van der Waals surface area contributed by atoms with Crippen LogP contribution in [0.4, 0.5) is 5.69 Å². The number of hydrogen-bond donors (Lipinski definition) is 4. The summed E-state index contributed by atoms with van der Waals surface area (Å²) in [5.41, 5.74) is 10.7. The zero-order valence-electron chi connectivity index (χ0n) is 8.90. The minimum Gasteiger partial charge on any atom is -0.399 e. The minimum atomic E-state index is -0.527. The molecule has 90 valence electrons. The summed E-state index contributed by atoms with van der Waals surface area (Å²) in [5, 5.41) is 2.16. The van der Waals surface area contributed by atoms with Crippen LogP contribution in [-0.2, 0) is 9.59 Å². The van der Waals surface area contributed by atoms with Crippen LogP contribution in [0.1, 0.15) is 10.4 Å². The van der Waals surface area contributed by atoms with Crippen molar-refractivity contribution in [3.8, 4) is 0 Å². The summed E-state index contributed by atoms with van der Waals surface area (Å²) in [4.78, 5) is 32.4. The molecule has 1 aromatic carbocycles. The molecule has 0 aliphatic heterocycles. The zero-order valence-corrected chi connectivity index (χ0v) is 8.90. The lowest BCUT2D eigenvalue weighted by Gasteiger charge is -2.06. The number of benzene rings is 1. The van der Waals surface area contributed by atoms with Gasteiger partial charge in [-0.25, -0.2) is 0 Å². The van der Waals surface area contributed by atoms with Gasteiger partial charge < -0.3 is 11.1 Å². The number of hydrazine groups is 1. The molecule has 0 aliphatic rings. The molecule has 0 saturated carbocycles. The van der Waals surface area contributed by atoms with Crippen LogP contribution in [0, 0.1) is 0 Å². The van der Waals surface area contributed by atoms with Crippen LogP contribution in [0.5, 0.6) is 0 Å². The highest BCUT2D eigenvalue weighted by molar-refractivity contribution is 5.95. The highest BCUT2D eigenvalue weighted by Gasteiger charge is 2.06. The smallest absolute Gasteiger partial charge is 0.269 e. The van der Waals surface area contributed by atoms with Crippen LogP contribution < -0.4 is 21.9 Å². The number of anilines is 1. The number of carbonyl (C=O) groups is 3. The number of hydrogen-bond acceptors (Lipinski definition) is 4. The Morgan fingerprint density at radius 1 is 1.18 bits per heavy atom. The fraction of sp³-hybridized carbons (Fsp3) is 0.100. The quantitative estimate of drug-likeness (QED) is 0.298. The summed E-state index contributed by atoms with van der Waals surface area (Å²) < 4.78 is 0. The van der Waals surface area contributed by atoms with E-state index in [4.69, 9.17) is 5.73 Å². The van der Waals surface area contributed by atoms with Crippen LogP contribution in [0.3, 0.4) is 0 Å². The molecular formula is C10H12N4O3. The fourth-order valence-electron chi connectivity index (χ4n) is 1.01.